The van der Waals surface area contributed by atoms with Crippen LogP contribution in [0, 0.1) is 17.2 Å². The third-order valence-corrected chi connectivity index (χ3v) is 6.69. The number of amides is 1. The number of aryl methyl sites for hydroxylation is 1. The Morgan fingerprint density at radius 2 is 2.03 bits per heavy atom. The van der Waals surface area contributed by atoms with Crippen LogP contribution in [0.1, 0.15) is 18.5 Å². The summed E-state index contributed by atoms with van der Waals surface area (Å²) in [6.07, 6.45) is 4.71. The monoisotopic (exact) mass is 516 g/mol. The first kappa shape index (κ1) is 24.6. The van der Waals surface area contributed by atoms with Gasteiger partial charge < -0.3 is 9.64 Å². The van der Waals surface area contributed by atoms with E-state index in [1.54, 1.807) is 36.3 Å². The van der Waals surface area contributed by atoms with Gasteiger partial charge in [0.2, 0.25) is 0 Å². The van der Waals surface area contributed by atoms with E-state index in [-0.39, 0.29) is 11.5 Å². The molecule has 3 aromatic heterocycles. The molecule has 0 spiro atoms. The fourth-order valence-corrected chi connectivity index (χ4v) is 4.64. The average molecular weight is 517 g/mol. The van der Waals surface area contributed by atoms with Crippen LogP contribution in [0.3, 0.4) is 0 Å². The summed E-state index contributed by atoms with van der Waals surface area (Å²) in [5, 5.41) is 18.2. The molecule has 1 amide bonds. The van der Waals surface area contributed by atoms with Crippen LogP contribution in [0.25, 0.3) is 33.5 Å². The molecular weight excluding hydrogens is 492 g/mol. The van der Waals surface area contributed by atoms with Crippen molar-refractivity contribution in [2.24, 2.45) is 13.0 Å². The quantitative estimate of drug-likeness (QED) is 0.411. The number of hydrogen-bond acceptors (Lipinski definition) is 8. The highest BCUT2D eigenvalue weighted by atomic mass is 35.5. The van der Waals surface area contributed by atoms with Gasteiger partial charge in [0, 0.05) is 30.4 Å². The fourth-order valence-electron chi connectivity index (χ4n) is 4.36. The number of carbonyl (C=O) groups is 1. The smallest absolute Gasteiger partial charge is 0.412 e. The second-order valence-corrected chi connectivity index (χ2v) is 9.51. The van der Waals surface area contributed by atoms with Gasteiger partial charge in [-0.15, -0.1) is 0 Å². The Morgan fingerprint density at radius 3 is 2.76 bits per heavy atom. The lowest BCUT2D eigenvalue weighted by Gasteiger charge is -2.28. The molecule has 0 bridgehead atoms. The largest absolute Gasteiger partial charge is 0.449 e. The second-order valence-electron chi connectivity index (χ2n) is 9.11. The van der Waals surface area contributed by atoms with Gasteiger partial charge in [0.15, 0.2) is 11.5 Å². The van der Waals surface area contributed by atoms with Crippen LogP contribution in [0.2, 0.25) is 5.02 Å². The predicted molar refractivity (Wildman–Crippen MR) is 140 cm³/mol. The van der Waals surface area contributed by atoms with E-state index in [1.165, 1.54) is 0 Å². The Bertz CT molecular complexity index is 1500. The Hall–Kier alpha value is -4.07. The molecular formula is C26H25ClN8O2. The fraction of sp³-hybridized carbons (Fsp3) is 0.308. The summed E-state index contributed by atoms with van der Waals surface area (Å²) in [4.78, 5) is 28.4. The molecule has 1 aliphatic heterocycles. The van der Waals surface area contributed by atoms with E-state index >= 15 is 0 Å². The molecule has 4 heterocycles. The number of halogens is 1. The number of likely N-dealkylation sites (tertiary alicyclic amines) is 1. The van der Waals surface area contributed by atoms with Crippen molar-refractivity contribution in [3.8, 4) is 28.7 Å². The number of anilines is 1. The van der Waals surface area contributed by atoms with Crippen LogP contribution in [0.5, 0.6) is 0 Å². The molecule has 1 aromatic carbocycles. The van der Waals surface area contributed by atoms with Crippen LogP contribution >= 0.6 is 11.6 Å². The minimum atomic E-state index is -0.677. The van der Waals surface area contributed by atoms with Crippen molar-refractivity contribution in [2.75, 3.05) is 32.1 Å². The van der Waals surface area contributed by atoms with Crippen molar-refractivity contribution in [1.82, 2.24) is 29.6 Å². The lowest BCUT2D eigenvalue weighted by molar-refractivity contribution is 0.112. The highest BCUT2D eigenvalue weighted by Gasteiger charge is 2.22. The van der Waals surface area contributed by atoms with E-state index in [0.29, 0.717) is 45.7 Å². The maximum absolute atomic E-state index is 12.6. The molecule has 37 heavy (non-hydrogen) atoms. The maximum atomic E-state index is 12.6. The molecule has 0 unspecified atom stereocenters. The number of nitriles is 1. The van der Waals surface area contributed by atoms with Crippen molar-refractivity contribution < 1.29 is 9.53 Å². The normalized spacial score (nSPS) is 14.4. The molecule has 1 saturated heterocycles. The Balaban J connectivity index is 1.49. The standard InChI is InChI=1S/C26H25ClN8O2/c1-34-9-5-16(6-10-34)15-37-26(36)32-25-21(14-28)30-23(24(31-25)20-7-11-35(2)33-20)18-12-17-4-3-8-29-22(17)19(27)13-18/h3-4,7-8,11-13,16H,5-6,9-10,15H2,1-2H3,(H,31,32,36). The summed E-state index contributed by atoms with van der Waals surface area (Å²) < 4.78 is 7.10. The highest BCUT2D eigenvalue weighted by Crippen LogP contribution is 2.34. The molecule has 11 heteroatoms. The number of carbonyl (C=O) groups excluding carboxylic acids is 1. The molecule has 0 saturated carbocycles. The van der Waals surface area contributed by atoms with Gasteiger partial charge >= 0.3 is 6.09 Å². The minimum absolute atomic E-state index is 0.00818. The van der Waals surface area contributed by atoms with Crippen molar-refractivity contribution in [3.63, 3.8) is 0 Å². The topological polar surface area (TPSA) is 122 Å². The van der Waals surface area contributed by atoms with Crippen molar-refractivity contribution >= 4 is 34.4 Å². The molecule has 1 fully saturated rings. The number of benzene rings is 1. The van der Waals surface area contributed by atoms with E-state index in [9.17, 15) is 10.1 Å². The second kappa shape index (κ2) is 10.5. The van der Waals surface area contributed by atoms with E-state index in [2.05, 4.69) is 37.3 Å². The minimum Gasteiger partial charge on any atom is -0.449 e. The molecule has 5 rings (SSSR count). The van der Waals surface area contributed by atoms with Crippen LogP contribution in [0.4, 0.5) is 10.6 Å². The number of nitrogens with one attached hydrogen (secondary N) is 1. The van der Waals surface area contributed by atoms with Gasteiger partial charge in [0.05, 0.1) is 17.1 Å². The molecule has 10 nitrogen and oxygen atoms in total. The van der Waals surface area contributed by atoms with Gasteiger partial charge in [-0.2, -0.15) is 10.4 Å². The first-order valence-corrected chi connectivity index (χ1v) is 12.3. The number of pyridine rings is 1. The zero-order valence-electron chi connectivity index (χ0n) is 20.5. The van der Waals surface area contributed by atoms with Gasteiger partial charge in [0.25, 0.3) is 0 Å². The van der Waals surface area contributed by atoms with Gasteiger partial charge in [-0.05, 0) is 63.2 Å². The zero-order valence-corrected chi connectivity index (χ0v) is 21.2. The van der Waals surface area contributed by atoms with Crippen LogP contribution in [0.15, 0.2) is 42.7 Å². The molecule has 188 valence electrons. The molecule has 1 aliphatic rings. The van der Waals surface area contributed by atoms with Gasteiger partial charge in [-0.25, -0.2) is 14.8 Å². The number of nitrogens with zero attached hydrogens (tertiary/aromatic N) is 7. The van der Waals surface area contributed by atoms with Crippen molar-refractivity contribution in [3.05, 3.63) is 53.4 Å². The number of piperidine rings is 1. The Morgan fingerprint density at radius 1 is 1.22 bits per heavy atom. The summed E-state index contributed by atoms with van der Waals surface area (Å²) in [6, 6.07) is 11.2. The number of aromatic nitrogens is 5. The third-order valence-electron chi connectivity index (χ3n) is 6.40. The number of ether oxygens (including phenoxy) is 1. The summed E-state index contributed by atoms with van der Waals surface area (Å²) in [5.41, 5.74) is 2.59. The van der Waals surface area contributed by atoms with E-state index < -0.39 is 6.09 Å². The van der Waals surface area contributed by atoms with Crippen molar-refractivity contribution in [1.29, 1.82) is 5.26 Å². The van der Waals surface area contributed by atoms with E-state index in [0.717, 1.165) is 31.3 Å². The molecule has 0 aliphatic carbocycles. The van der Waals surface area contributed by atoms with Gasteiger partial charge in [-0.3, -0.25) is 15.0 Å². The molecule has 1 N–H and O–H groups in total. The highest BCUT2D eigenvalue weighted by molar-refractivity contribution is 6.35. The molecule has 0 radical (unpaired) electrons. The predicted octanol–water partition coefficient (Wildman–Crippen LogP) is 4.51. The third kappa shape index (κ3) is 5.38. The van der Waals surface area contributed by atoms with Crippen LogP contribution < -0.4 is 5.32 Å². The van der Waals surface area contributed by atoms with Crippen LogP contribution in [-0.2, 0) is 11.8 Å². The number of rotatable bonds is 5. The summed E-state index contributed by atoms with van der Waals surface area (Å²) >= 11 is 6.52. The summed E-state index contributed by atoms with van der Waals surface area (Å²) in [5.74, 6) is 0.316. The Labute approximate surface area is 218 Å². The van der Waals surface area contributed by atoms with E-state index in [1.807, 2.05) is 24.3 Å². The first-order chi connectivity index (χ1) is 17.9. The summed E-state index contributed by atoms with van der Waals surface area (Å²) in [6.45, 7) is 2.26. The Kier molecular flexibility index (Phi) is 6.99. The SMILES string of the molecule is CN1CCC(COC(=O)Nc2nc(-c3ccn(C)n3)c(-c3cc(Cl)c4ncccc4c3)nc2C#N)CC1. The van der Waals surface area contributed by atoms with E-state index in [4.69, 9.17) is 16.3 Å². The lowest BCUT2D eigenvalue weighted by Crippen LogP contribution is -2.32. The zero-order chi connectivity index (χ0) is 25.9. The van der Waals surface area contributed by atoms with Crippen LogP contribution in [-0.4, -0.2) is 62.5 Å². The van der Waals surface area contributed by atoms with Gasteiger partial charge in [0.1, 0.15) is 23.2 Å². The lowest BCUT2D eigenvalue weighted by atomic mass is 9.98. The van der Waals surface area contributed by atoms with Gasteiger partial charge in [-0.1, -0.05) is 17.7 Å². The maximum Gasteiger partial charge on any atom is 0.412 e. The average Bonchev–Trinajstić information content (AvgIpc) is 3.34. The summed E-state index contributed by atoms with van der Waals surface area (Å²) in [7, 11) is 3.87. The molecule has 4 aromatic rings. The first-order valence-electron chi connectivity index (χ1n) is 11.9. The van der Waals surface area contributed by atoms with Crippen molar-refractivity contribution in [2.45, 2.75) is 12.8 Å². The molecule has 0 atom stereocenters. The number of fused-ring (bicyclic) bond motifs is 1. The number of hydrogen-bond donors (Lipinski definition) is 1.